The van der Waals surface area contributed by atoms with E-state index >= 15 is 0 Å². The first kappa shape index (κ1) is 14.5. The first-order chi connectivity index (χ1) is 9.48. The maximum Gasteiger partial charge on any atom is 0.136 e. The van der Waals surface area contributed by atoms with Crippen LogP contribution in [-0.2, 0) is 5.60 Å². The first-order valence-corrected chi connectivity index (χ1v) is 7.03. The van der Waals surface area contributed by atoms with Gasteiger partial charge in [-0.05, 0) is 37.0 Å². The smallest absolute Gasteiger partial charge is 0.136 e. The van der Waals surface area contributed by atoms with Crippen LogP contribution in [0.2, 0.25) is 0 Å². The van der Waals surface area contributed by atoms with Crippen molar-refractivity contribution in [1.82, 2.24) is 0 Å². The fraction of sp³-hybridized carbons (Fsp3) is 0.263. The molecule has 0 atom stereocenters. The summed E-state index contributed by atoms with van der Waals surface area (Å²) < 4.78 is 0. The van der Waals surface area contributed by atoms with Gasteiger partial charge in [0.05, 0.1) is 0 Å². The largest absolute Gasteiger partial charge is 0.376 e. The maximum absolute atomic E-state index is 11.3. The molecule has 2 aromatic rings. The van der Waals surface area contributed by atoms with E-state index in [0.29, 0.717) is 0 Å². The quantitative estimate of drug-likeness (QED) is 0.807. The number of rotatable bonds is 4. The number of hydrogen-bond donors (Lipinski definition) is 1. The number of hydrogen-bond acceptors (Lipinski definition) is 1. The van der Waals surface area contributed by atoms with Crippen LogP contribution in [-0.4, -0.2) is 5.11 Å². The highest BCUT2D eigenvalue weighted by atomic mass is 16.3. The molecular weight excluding hydrogens is 244 g/mol. The molecule has 2 aromatic carbocycles. The molecule has 0 spiro atoms. The highest BCUT2D eigenvalue weighted by Gasteiger charge is 2.33. The van der Waals surface area contributed by atoms with Crippen LogP contribution in [0.3, 0.4) is 0 Å². The highest BCUT2D eigenvalue weighted by Crippen LogP contribution is 2.37. The van der Waals surface area contributed by atoms with E-state index in [-0.39, 0.29) is 0 Å². The lowest BCUT2D eigenvalue weighted by Crippen LogP contribution is -2.29. The summed E-state index contributed by atoms with van der Waals surface area (Å²) in [6, 6.07) is 16.0. The van der Waals surface area contributed by atoms with E-state index < -0.39 is 5.60 Å². The summed E-state index contributed by atoms with van der Waals surface area (Å²) in [6.45, 7) is 10.2. The Hall–Kier alpha value is -1.86. The van der Waals surface area contributed by atoms with Crippen LogP contribution < -0.4 is 0 Å². The van der Waals surface area contributed by atoms with Gasteiger partial charge >= 0.3 is 0 Å². The summed E-state index contributed by atoms with van der Waals surface area (Å²) in [7, 11) is 0. The SMILES string of the molecule is C=C(CC)C(O)(c1ccc(C)cc1)c1ccc(C)cc1. The predicted molar refractivity (Wildman–Crippen MR) is 84.8 cm³/mol. The molecule has 0 aliphatic heterocycles. The second kappa shape index (κ2) is 5.64. The summed E-state index contributed by atoms with van der Waals surface area (Å²) in [5.74, 6) is 0. The Morgan fingerprint density at radius 3 is 1.55 bits per heavy atom. The predicted octanol–water partition coefficient (Wildman–Crippen LogP) is 4.51. The number of aliphatic hydroxyl groups is 1. The molecule has 0 aromatic heterocycles. The molecule has 0 aliphatic carbocycles. The summed E-state index contributed by atoms with van der Waals surface area (Å²) in [5.41, 5.74) is 3.81. The monoisotopic (exact) mass is 266 g/mol. The zero-order valence-electron chi connectivity index (χ0n) is 12.5. The summed E-state index contributed by atoms with van der Waals surface area (Å²) in [5, 5.41) is 11.3. The molecule has 1 nitrogen and oxygen atoms in total. The van der Waals surface area contributed by atoms with E-state index in [2.05, 4.69) is 6.58 Å². The minimum atomic E-state index is -1.11. The van der Waals surface area contributed by atoms with Crippen molar-refractivity contribution >= 4 is 0 Å². The lowest BCUT2D eigenvalue weighted by Gasteiger charge is -2.31. The third kappa shape index (κ3) is 2.54. The third-order valence-corrected chi connectivity index (χ3v) is 3.88. The lowest BCUT2D eigenvalue weighted by molar-refractivity contribution is 0.118. The molecule has 1 N–H and O–H groups in total. The van der Waals surface area contributed by atoms with E-state index in [9.17, 15) is 5.11 Å². The van der Waals surface area contributed by atoms with Gasteiger partial charge in [-0.3, -0.25) is 0 Å². The molecule has 0 saturated carbocycles. The fourth-order valence-electron chi connectivity index (χ4n) is 2.42. The first-order valence-electron chi connectivity index (χ1n) is 7.03. The average molecular weight is 266 g/mol. The van der Waals surface area contributed by atoms with Crippen molar-refractivity contribution in [2.75, 3.05) is 0 Å². The molecule has 0 amide bonds. The van der Waals surface area contributed by atoms with E-state index in [1.165, 1.54) is 11.1 Å². The maximum atomic E-state index is 11.3. The molecule has 0 radical (unpaired) electrons. The Bertz CT molecular complexity index is 545. The normalized spacial score (nSPS) is 11.4. The van der Waals surface area contributed by atoms with Gasteiger partial charge in [-0.2, -0.15) is 0 Å². The summed E-state index contributed by atoms with van der Waals surface area (Å²) in [4.78, 5) is 0. The van der Waals surface area contributed by atoms with Crippen LogP contribution in [0, 0.1) is 13.8 Å². The standard InChI is InChI=1S/C19H22O/c1-5-16(4)19(20,17-10-6-14(2)7-11-17)18-12-8-15(3)9-13-18/h6-13,20H,4-5H2,1-3H3. The van der Waals surface area contributed by atoms with Gasteiger partial charge in [-0.15, -0.1) is 0 Å². The number of benzene rings is 2. The van der Waals surface area contributed by atoms with Gasteiger partial charge in [0.25, 0.3) is 0 Å². The highest BCUT2D eigenvalue weighted by molar-refractivity contribution is 5.45. The molecular formula is C19H22O. The molecule has 20 heavy (non-hydrogen) atoms. The van der Waals surface area contributed by atoms with E-state index in [4.69, 9.17) is 0 Å². The van der Waals surface area contributed by atoms with Crippen molar-refractivity contribution < 1.29 is 5.11 Å². The number of aryl methyl sites for hydroxylation is 2. The zero-order chi connectivity index (χ0) is 14.8. The zero-order valence-corrected chi connectivity index (χ0v) is 12.5. The van der Waals surface area contributed by atoms with Gasteiger partial charge < -0.3 is 5.11 Å². The van der Waals surface area contributed by atoms with Gasteiger partial charge in [0, 0.05) is 0 Å². The minimum absolute atomic E-state index is 0.734. The lowest BCUT2D eigenvalue weighted by atomic mass is 9.79. The van der Waals surface area contributed by atoms with Crippen LogP contribution in [0.4, 0.5) is 0 Å². The Kier molecular flexibility index (Phi) is 4.10. The fourth-order valence-corrected chi connectivity index (χ4v) is 2.42. The van der Waals surface area contributed by atoms with Gasteiger partial charge in [-0.25, -0.2) is 0 Å². The van der Waals surface area contributed by atoms with Crippen molar-refractivity contribution in [3.8, 4) is 0 Å². The molecule has 0 unspecified atom stereocenters. The Labute approximate surface area is 121 Å². The third-order valence-electron chi connectivity index (χ3n) is 3.88. The topological polar surface area (TPSA) is 20.2 Å². The molecule has 0 aliphatic rings. The van der Waals surface area contributed by atoms with Crippen LogP contribution in [0.15, 0.2) is 60.7 Å². The van der Waals surface area contributed by atoms with Crippen molar-refractivity contribution in [1.29, 1.82) is 0 Å². The Morgan fingerprint density at radius 1 is 0.900 bits per heavy atom. The molecule has 0 saturated heterocycles. The van der Waals surface area contributed by atoms with E-state index in [1.807, 2.05) is 69.3 Å². The molecule has 0 bridgehead atoms. The van der Waals surface area contributed by atoms with Crippen molar-refractivity contribution in [3.63, 3.8) is 0 Å². The van der Waals surface area contributed by atoms with Crippen LogP contribution in [0.1, 0.15) is 35.6 Å². The molecule has 2 rings (SSSR count). The van der Waals surface area contributed by atoms with Gasteiger partial charge in [0.15, 0.2) is 0 Å². The average Bonchev–Trinajstić information content (AvgIpc) is 2.47. The van der Waals surface area contributed by atoms with Crippen LogP contribution in [0.25, 0.3) is 0 Å². The van der Waals surface area contributed by atoms with Gasteiger partial charge in [0.1, 0.15) is 5.60 Å². The van der Waals surface area contributed by atoms with Crippen LogP contribution in [0.5, 0.6) is 0 Å². The second-order valence-corrected chi connectivity index (χ2v) is 5.40. The molecule has 104 valence electrons. The Morgan fingerprint density at radius 2 is 1.25 bits per heavy atom. The molecule has 0 heterocycles. The van der Waals surface area contributed by atoms with Crippen molar-refractivity contribution in [3.05, 3.63) is 82.9 Å². The van der Waals surface area contributed by atoms with E-state index in [1.54, 1.807) is 0 Å². The minimum Gasteiger partial charge on any atom is -0.376 e. The van der Waals surface area contributed by atoms with E-state index in [0.717, 1.165) is 23.1 Å². The van der Waals surface area contributed by atoms with Crippen molar-refractivity contribution in [2.24, 2.45) is 0 Å². The second-order valence-electron chi connectivity index (χ2n) is 5.40. The molecule has 0 fully saturated rings. The molecule has 1 heteroatoms. The summed E-state index contributed by atoms with van der Waals surface area (Å²) >= 11 is 0. The van der Waals surface area contributed by atoms with Gasteiger partial charge in [0.2, 0.25) is 0 Å². The Balaban J connectivity index is 2.58. The van der Waals surface area contributed by atoms with Crippen molar-refractivity contribution in [2.45, 2.75) is 32.8 Å². The summed E-state index contributed by atoms with van der Waals surface area (Å²) in [6.07, 6.45) is 0.734. The van der Waals surface area contributed by atoms with Gasteiger partial charge in [-0.1, -0.05) is 73.2 Å². The van der Waals surface area contributed by atoms with Crippen LogP contribution >= 0.6 is 0 Å².